The van der Waals surface area contributed by atoms with Crippen LogP contribution in [0.4, 0.5) is 0 Å². The lowest BCUT2D eigenvalue weighted by atomic mass is 10.3. The van der Waals surface area contributed by atoms with Crippen molar-refractivity contribution in [1.29, 1.82) is 0 Å². The molecule has 0 saturated carbocycles. The molecule has 0 aliphatic carbocycles. The molecule has 0 aromatic rings. The van der Waals surface area contributed by atoms with Crippen molar-refractivity contribution in [2.75, 3.05) is 7.05 Å². The van der Waals surface area contributed by atoms with Crippen molar-refractivity contribution in [3.8, 4) is 0 Å². The van der Waals surface area contributed by atoms with Gasteiger partial charge in [0.25, 0.3) is 0 Å². The molecule has 54 valence electrons. The maximum atomic E-state index is 9.88. The van der Waals surface area contributed by atoms with Crippen LogP contribution >= 0.6 is 0 Å². The minimum absolute atomic E-state index is 0.00199. The molecule has 1 unspecified atom stereocenters. The summed E-state index contributed by atoms with van der Waals surface area (Å²) in [6.45, 7) is 0. The van der Waals surface area contributed by atoms with E-state index in [1.807, 2.05) is 0 Å². The molecule has 3 N–H and O–H groups in total. The molecule has 4 nitrogen and oxygen atoms in total. The average molecular weight is 133 g/mol. The smallest absolute Gasteiger partial charge is 0.303 e. The van der Waals surface area contributed by atoms with Crippen molar-refractivity contribution in [1.82, 2.24) is 5.32 Å². The summed E-state index contributed by atoms with van der Waals surface area (Å²) < 4.78 is 0. The fourth-order valence-electron chi connectivity index (χ4n) is 0.405. The predicted molar refractivity (Wildman–Crippen MR) is 31.9 cm³/mol. The number of carboxylic acid groups (broad SMARTS) is 1. The summed E-state index contributed by atoms with van der Waals surface area (Å²) in [5.74, 6) is -0.885. The Kier molecular flexibility index (Phi) is 4.00. The minimum Gasteiger partial charge on any atom is -0.481 e. The van der Waals surface area contributed by atoms with E-state index in [9.17, 15) is 4.79 Å². The molecule has 0 spiro atoms. The molecule has 1 atom stereocenters. The van der Waals surface area contributed by atoms with Gasteiger partial charge in [0.2, 0.25) is 0 Å². The molecule has 0 aromatic heterocycles. The number of aliphatic carboxylic acids is 1. The largest absolute Gasteiger partial charge is 0.481 e. The molecule has 0 bridgehead atoms. The van der Waals surface area contributed by atoms with Crippen LogP contribution in [0.5, 0.6) is 0 Å². The first kappa shape index (κ1) is 8.39. The minimum atomic E-state index is -0.885. The first-order valence-electron chi connectivity index (χ1n) is 2.74. The number of aliphatic hydroxyl groups excluding tert-OH is 1. The maximum Gasteiger partial charge on any atom is 0.303 e. The lowest BCUT2D eigenvalue weighted by Crippen LogP contribution is -2.24. The Balaban J connectivity index is 3.16. The summed E-state index contributed by atoms with van der Waals surface area (Å²) in [6, 6.07) is 0. The van der Waals surface area contributed by atoms with Gasteiger partial charge in [-0.1, -0.05) is 0 Å². The van der Waals surface area contributed by atoms with E-state index in [1.54, 1.807) is 7.05 Å². The highest BCUT2D eigenvalue weighted by Crippen LogP contribution is 1.91. The van der Waals surface area contributed by atoms with Crippen molar-refractivity contribution in [2.45, 2.75) is 19.1 Å². The first-order valence-corrected chi connectivity index (χ1v) is 2.74. The van der Waals surface area contributed by atoms with E-state index in [0.717, 1.165) is 0 Å². The Hall–Kier alpha value is -0.610. The SMILES string of the molecule is CNC(O)CCC(=O)O. The van der Waals surface area contributed by atoms with Crippen LogP contribution < -0.4 is 5.32 Å². The third kappa shape index (κ3) is 5.26. The van der Waals surface area contributed by atoms with Crippen molar-refractivity contribution in [2.24, 2.45) is 0 Å². The van der Waals surface area contributed by atoms with Crippen molar-refractivity contribution in [3.63, 3.8) is 0 Å². The molecule has 0 radical (unpaired) electrons. The second-order valence-corrected chi connectivity index (χ2v) is 1.74. The Morgan fingerprint density at radius 2 is 2.33 bits per heavy atom. The van der Waals surface area contributed by atoms with Crippen LogP contribution in [-0.4, -0.2) is 29.5 Å². The van der Waals surface area contributed by atoms with Gasteiger partial charge in [-0.3, -0.25) is 10.1 Å². The quantitative estimate of drug-likeness (QED) is 0.447. The van der Waals surface area contributed by atoms with Crippen molar-refractivity contribution < 1.29 is 15.0 Å². The molecule has 0 rings (SSSR count). The topological polar surface area (TPSA) is 69.6 Å². The molecule has 9 heavy (non-hydrogen) atoms. The Morgan fingerprint density at radius 3 is 2.67 bits per heavy atom. The Bertz CT molecular complexity index is 94.2. The highest BCUT2D eigenvalue weighted by molar-refractivity contribution is 5.66. The zero-order chi connectivity index (χ0) is 7.28. The number of hydrogen-bond acceptors (Lipinski definition) is 3. The highest BCUT2D eigenvalue weighted by atomic mass is 16.4. The zero-order valence-corrected chi connectivity index (χ0v) is 5.29. The van der Waals surface area contributed by atoms with Crippen LogP contribution in [0, 0.1) is 0 Å². The van der Waals surface area contributed by atoms with Gasteiger partial charge in [0, 0.05) is 6.42 Å². The fraction of sp³-hybridized carbons (Fsp3) is 0.800. The summed E-state index contributed by atoms with van der Waals surface area (Å²) in [6.07, 6.45) is -0.436. The number of rotatable bonds is 4. The van der Waals surface area contributed by atoms with Gasteiger partial charge in [0.15, 0.2) is 0 Å². The molecule has 0 aliphatic rings. The predicted octanol–water partition coefficient (Wildman–Crippen LogP) is -0.611. The molecule has 0 amide bonds. The van der Waals surface area contributed by atoms with Gasteiger partial charge < -0.3 is 10.2 Å². The Morgan fingerprint density at radius 1 is 1.78 bits per heavy atom. The Labute approximate surface area is 53.5 Å². The van der Waals surface area contributed by atoms with Gasteiger partial charge >= 0.3 is 5.97 Å². The standard InChI is InChI=1S/C5H11NO3/c1-6-4(7)2-3-5(8)9/h4,6-7H,2-3H2,1H3,(H,8,9). The third-order valence-electron chi connectivity index (χ3n) is 0.965. The van der Waals surface area contributed by atoms with E-state index < -0.39 is 12.2 Å². The molecule has 0 heterocycles. The number of carbonyl (C=O) groups is 1. The third-order valence-corrected chi connectivity index (χ3v) is 0.965. The van der Waals surface area contributed by atoms with Gasteiger partial charge in [0.1, 0.15) is 6.23 Å². The van der Waals surface area contributed by atoms with E-state index in [-0.39, 0.29) is 12.8 Å². The molecular formula is C5H11NO3. The van der Waals surface area contributed by atoms with Gasteiger partial charge in [-0.2, -0.15) is 0 Å². The van der Waals surface area contributed by atoms with Gasteiger partial charge in [0.05, 0.1) is 0 Å². The normalized spacial score (nSPS) is 13.1. The van der Waals surface area contributed by atoms with Crippen molar-refractivity contribution in [3.05, 3.63) is 0 Å². The number of hydrogen-bond donors (Lipinski definition) is 3. The van der Waals surface area contributed by atoms with Crippen LogP contribution in [0.3, 0.4) is 0 Å². The van der Waals surface area contributed by atoms with Crippen LogP contribution in [0.15, 0.2) is 0 Å². The summed E-state index contributed by atoms with van der Waals surface area (Å²) >= 11 is 0. The fourth-order valence-corrected chi connectivity index (χ4v) is 0.405. The number of aliphatic hydroxyl groups is 1. The average Bonchev–Trinajstić information content (AvgIpc) is 1.83. The summed E-state index contributed by atoms with van der Waals surface area (Å²) in [5, 5.41) is 19.4. The second kappa shape index (κ2) is 4.29. The molecule has 0 aromatic carbocycles. The van der Waals surface area contributed by atoms with Crippen LogP contribution in [0.25, 0.3) is 0 Å². The van der Waals surface area contributed by atoms with Gasteiger partial charge in [-0.15, -0.1) is 0 Å². The van der Waals surface area contributed by atoms with E-state index >= 15 is 0 Å². The van der Waals surface area contributed by atoms with E-state index in [2.05, 4.69) is 5.32 Å². The summed E-state index contributed by atoms with van der Waals surface area (Å²) in [5.41, 5.74) is 0. The van der Waals surface area contributed by atoms with Gasteiger partial charge in [-0.25, -0.2) is 0 Å². The zero-order valence-electron chi connectivity index (χ0n) is 5.29. The monoisotopic (exact) mass is 133 g/mol. The summed E-state index contributed by atoms with van der Waals surface area (Å²) in [4.78, 5) is 9.88. The summed E-state index contributed by atoms with van der Waals surface area (Å²) in [7, 11) is 1.58. The number of nitrogens with one attached hydrogen (secondary N) is 1. The lowest BCUT2D eigenvalue weighted by Gasteiger charge is -2.04. The van der Waals surface area contributed by atoms with Crippen LogP contribution in [0.1, 0.15) is 12.8 Å². The maximum absolute atomic E-state index is 9.88. The molecule has 0 saturated heterocycles. The molecule has 0 fully saturated rings. The van der Waals surface area contributed by atoms with E-state index in [4.69, 9.17) is 10.2 Å². The highest BCUT2D eigenvalue weighted by Gasteiger charge is 2.02. The van der Waals surface area contributed by atoms with E-state index in [1.165, 1.54) is 0 Å². The van der Waals surface area contributed by atoms with Crippen LogP contribution in [-0.2, 0) is 4.79 Å². The van der Waals surface area contributed by atoms with Gasteiger partial charge in [-0.05, 0) is 13.5 Å². The first-order chi connectivity index (χ1) is 4.16. The molecule has 4 heteroatoms. The van der Waals surface area contributed by atoms with E-state index in [0.29, 0.717) is 0 Å². The number of carboxylic acids is 1. The lowest BCUT2D eigenvalue weighted by molar-refractivity contribution is -0.137. The second-order valence-electron chi connectivity index (χ2n) is 1.74. The van der Waals surface area contributed by atoms with Crippen molar-refractivity contribution >= 4 is 5.97 Å². The molecular weight excluding hydrogens is 122 g/mol. The van der Waals surface area contributed by atoms with Crippen LogP contribution in [0.2, 0.25) is 0 Å². The molecule has 0 aliphatic heterocycles.